The van der Waals surface area contributed by atoms with Gasteiger partial charge in [-0.25, -0.2) is 15.0 Å². The minimum atomic E-state index is -0.338. The summed E-state index contributed by atoms with van der Waals surface area (Å²) in [6, 6.07) is 8.81. The first kappa shape index (κ1) is 16.2. The molecule has 0 aliphatic carbocycles. The number of amides is 1. The monoisotopic (exact) mass is 350 g/mol. The second kappa shape index (κ2) is 6.91. The molecule has 8 nitrogen and oxygen atoms in total. The van der Waals surface area contributed by atoms with Gasteiger partial charge in [0, 0.05) is 19.2 Å². The van der Waals surface area contributed by atoms with E-state index < -0.39 is 0 Å². The number of anilines is 2. The van der Waals surface area contributed by atoms with Crippen molar-refractivity contribution in [2.24, 2.45) is 0 Å². The van der Waals surface area contributed by atoms with Crippen LogP contribution in [0.25, 0.3) is 10.9 Å². The van der Waals surface area contributed by atoms with E-state index in [-0.39, 0.29) is 18.0 Å². The van der Waals surface area contributed by atoms with Gasteiger partial charge < -0.3 is 10.2 Å². The molecule has 1 aromatic carbocycles. The SMILES string of the molecule is O=C(Cn1cnc2ccccc2c1=O)Nc1cc(N2CCCC2)ncn1. The Morgan fingerprint density at radius 3 is 2.77 bits per heavy atom. The van der Waals surface area contributed by atoms with Gasteiger partial charge in [0.15, 0.2) is 0 Å². The molecule has 0 saturated carbocycles. The molecular formula is C18H18N6O2. The number of carbonyl (C=O) groups excluding carboxylic acids is 1. The largest absolute Gasteiger partial charge is 0.356 e. The highest BCUT2D eigenvalue weighted by Gasteiger charge is 2.15. The molecule has 2 aromatic heterocycles. The van der Waals surface area contributed by atoms with Crippen molar-refractivity contribution in [3.63, 3.8) is 0 Å². The molecule has 26 heavy (non-hydrogen) atoms. The van der Waals surface area contributed by atoms with E-state index in [4.69, 9.17) is 0 Å². The predicted octanol–water partition coefficient (Wildman–Crippen LogP) is 1.43. The lowest BCUT2D eigenvalue weighted by Crippen LogP contribution is -2.28. The number of aromatic nitrogens is 4. The van der Waals surface area contributed by atoms with E-state index in [9.17, 15) is 9.59 Å². The Hall–Kier alpha value is -3.29. The van der Waals surface area contributed by atoms with Gasteiger partial charge in [0.25, 0.3) is 5.56 Å². The molecule has 0 radical (unpaired) electrons. The predicted molar refractivity (Wildman–Crippen MR) is 98.1 cm³/mol. The number of nitrogens with zero attached hydrogens (tertiary/aromatic N) is 5. The van der Waals surface area contributed by atoms with Crippen molar-refractivity contribution < 1.29 is 4.79 Å². The van der Waals surface area contributed by atoms with Crippen molar-refractivity contribution in [3.05, 3.63) is 53.3 Å². The molecule has 1 N–H and O–H groups in total. The molecule has 0 atom stereocenters. The van der Waals surface area contributed by atoms with Crippen LogP contribution in [-0.4, -0.2) is 38.5 Å². The number of rotatable bonds is 4. The van der Waals surface area contributed by atoms with Crippen LogP contribution in [0.5, 0.6) is 0 Å². The third-order valence-corrected chi connectivity index (χ3v) is 4.40. The molecule has 1 fully saturated rings. The summed E-state index contributed by atoms with van der Waals surface area (Å²) in [5, 5.41) is 3.21. The molecular weight excluding hydrogens is 332 g/mol. The summed E-state index contributed by atoms with van der Waals surface area (Å²) in [5.41, 5.74) is 0.367. The van der Waals surface area contributed by atoms with Crippen molar-refractivity contribution >= 4 is 28.4 Å². The average Bonchev–Trinajstić information content (AvgIpc) is 3.19. The van der Waals surface area contributed by atoms with Crippen LogP contribution in [-0.2, 0) is 11.3 Å². The Balaban J connectivity index is 1.50. The maximum Gasteiger partial charge on any atom is 0.261 e. The van der Waals surface area contributed by atoms with Crippen LogP contribution in [0, 0.1) is 0 Å². The van der Waals surface area contributed by atoms with Crippen LogP contribution in [0.2, 0.25) is 0 Å². The smallest absolute Gasteiger partial charge is 0.261 e. The van der Waals surface area contributed by atoms with E-state index >= 15 is 0 Å². The summed E-state index contributed by atoms with van der Waals surface area (Å²) in [4.78, 5) is 39.5. The lowest BCUT2D eigenvalue weighted by Gasteiger charge is -2.16. The molecule has 1 aliphatic heterocycles. The van der Waals surface area contributed by atoms with Crippen molar-refractivity contribution in [2.75, 3.05) is 23.3 Å². The highest BCUT2D eigenvalue weighted by atomic mass is 16.2. The topological polar surface area (TPSA) is 93.0 Å². The lowest BCUT2D eigenvalue weighted by molar-refractivity contribution is -0.116. The van der Waals surface area contributed by atoms with Crippen LogP contribution in [0.15, 0.2) is 47.8 Å². The zero-order valence-corrected chi connectivity index (χ0v) is 14.1. The molecule has 132 valence electrons. The van der Waals surface area contributed by atoms with Crippen LogP contribution < -0.4 is 15.8 Å². The van der Waals surface area contributed by atoms with E-state index in [0.717, 1.165) is 31.7 Å². The number of hydrogen-bond acceptors (Lipinski definition) is 6. The minimum absolute atomic E-state index is 0.125. The number of para-hydroxylation sites is 1. The third kappa shape index (κ3) is 3.26. The Morgan fingerprint density at radius 1 is 1.12 bits per heavy atom. The van der Waals surface area contributed by atoms with Crippen LogP contribution >= 0.6 is 0 Å². The van der Waals surface area contributed by atoms with E-state index in [0.29, 0.717) is 16.7 Å². The number of carbonyl (C=O) groups is 1. The van der Waals surface area contributed by atoms with Gasteiger partial charge in [-0.1, -0.05) is 12.1 Å². The number of fused-ring (bicyclic) bond motifs is 1. The first-order valence-electron chi connectivity index (χ1n) is 8.52. The summed E-state index contributed by atoms with van der Waals surface area (Å²) in [6.07, 6.45) is 5.11. The fourth-order valence-corrected chi connectivity index (χ4v) is 3.09. The number of benzene rings is 1. The Kier molecular flexibility index (Phi) is 4.30. The molecule has 8 heteroatoms. The Labute approximate surface area is 149 Å². The van der Waals surface area contributed by atoms with Gasteiger partial charge in [-0.05, 0) is 25.0 Å². The average molecular weight is 350 g/mol. The Morgan fingerprint density at radius 2 is 1.92 bits per heavy atom. The Bertz CT molecular complexity index is 1010. The van der Waals surface area contributed by atoms with E-state index in [1.54, 1.807) is 24.3 Å². The van der Waals surface area contributed by atoms with Gasteiger partial charge in [0.1, 0.15) is 24.5 Å². The fraction of sp³-hybridized carbons (Fsp3) is 0.278. The normalized spacial score (nSPS) is 13.9. The van der Waals surface area contributed by atoms with Crippen molar-refractivity contribution in [1.29, 1.82) is 0 Å². The standard InChI is InChI=1S/C18H18N6O2/c25-17(10-24-12-21-14-6-2-1-5-13(14)18(24)26)22-15-9-16(20-11-19-15)23-7-3-4-8-23/h1-2,5-6,9,11-12H,3-4,7-8,10H2,(H,19,20,22,25). The minimum Gasteiger partial charge on any atom is -0.356 e. The molecule has 0 spiro atoms. The second-order valence-electron chi connectivity index (χ2n) is 6.20. The van der Waals surface area contributed by atoms with Gasteiger partial charge in [-0.2, -0.15) is 0 Å². The summed E-state index contributed by atoms with van der Waals surface area (Å²) in [5.74, 6) is 0.890. The van der Waals surface area contributed by atoms with E-state index in [2.05, 4.69) is 25.2 Å². The van der Waals surface area contributed by atoms with Crippen LogP contribution in [0.3, 0.4) is 0 Å². The number of hydrogen-bond donors (Lipinski definition) is 1. The summed E-state index contributed by atoms with van der Waals surface area (Å²) in [6.45, 7) is 1.80. The molecule has 1 aliphatic rings. The third-order valence-electron chi connectivity index (χ3n) is 4.40. The molecule has 1 saturated heterocycles. The fourth-order valence-electron chi connectivity index (χ4n) is 3.09. The van der Waals surface area contributed by atoms with Crippen LogP contribution in [0.4, 0.5) is 11.6 Å². The van der Waals surface area contributed by atoms with E-state index in [1.165, 1.54) is 17.2 Å². The van der Waals surface area contributed by atoms with Gasteiger partial charge in [-0.15, -0.1) is 0 Å². The maximum atomic E-state index is 12.5. The van der Waals surface area contributed by atoms with Crippen LogP contribution in [0.1, 0.15) is 12.8 Å². The zero-order valence-electron chi connectivity index (χ0n) is 14.1. The lowest BCUT2D eigenvalue weighted by atomic mass is 10.2. The van der Waals surface area contributed by atoms with Gasteiger partial charge in [0.2, 0.25) is 5.91 Å². The number of nitrogens with one attached hydrogen (secondary N) is 1. The highest BCUT2D eigenvalue weighted by Crippen LogP contribution is 2.19. The van der Waals surface area contributed by atoms with Crippen molar-refractivity contribution in [2.45, 2.75) is 19.4 Å². The second-order valence-corrected chi connectivity index (χ2v) is 6.20. The molecule has 0 bridgehead atoms. The highest BCUT2D eigenvalue weighted by molar-refractivity contribution is 5.90. The first-order valence-corrected chi connectivity index (χ1v) is 8.52. The molecule has 4 rings (SSSR count). The van der Waals surface area contributed by atoms with Crippen molar-refractivity contribution in [3.8, 4) is 0 Å². The maximum absolute atomic E-state index is 12.5. The summed E-state index contributed by atoms with van der Waals surface area (Å²) < 4.78 is 1.29. The van der Waals surface area contributed by atoms with Gasteiger partial charge >= 0.3 is 0 Å². The summed E-state index contributed by atoms with van der Waals surface area (Å²) in [7, 11) is 0. The van der Waals surface area contributed by atoms with Gasteiger partial charge in [0.05, 0.1) is 17.2 Å². The van der Waals surface area contributed by atoms with Gasteiger partial charge in [-0.3, -0.25) is 14.2 Å². The van der Waals surface area contributed by atoms with Crippen molar-refractivity contribution in [1.82, 2.24) is 19.5 Å². The molecule has 0 unspecified atom stereocenters. The summed E-state index contributed by atoms with van der Waals surface area (Å²) >= 11 is 0. The quantitative estimate of drug-likeness (QED) is 0.765. The molecule has 3 aromatic rings. The zero-order chi connectivity index (χ0) is 17.9. The van der Waals surface area contributed by atoms with E-state index in [1.807, 2.05) is 6.07 Å². The first-order chi connectivity index (χ1) is 12.7. The molecule has 3 heterocycles. The molecule has 1 amide bonds.